The van der Waals surface area contributed by atoms with Crippen LogP contribution >= 0.6 is 0 Å². The minimum atomic E-state index is -0.0765. The van der Waals surface area contributed by atoms with Crippen LogP contribution in [0.1, 0.15) is 12.0 Å². The van der Waals surface area contributed by atoms with E-state index in [2.05, 4.69) is 15.5 Å². The van der Waals surface area contributed by atoms with Gasteiger partial charge in [0.05, 0.1) is 19.8 Å². The zero-order chi connectivity index (χ0) is 19.8. The normalized spacial score (nSPS) is 14.4. The molecule has 1 fully saturated rings. The van der Waals surface area contributed by atoms with E-state index >= 15 is 0 Å². The van der Waals surface area contributed by atoms with Crippen molar-refractivity contribution in [2.45, 2.75) is 12.8 Å². The van der Waals surface area contributed by atoms with Gasteiger partial charge in [-0.2, -0.15) is 0 Å². The highest BCUT2D eigenvalue weighted by atomic mass is 16.5. The van der Waals surface area contributed by atoms with Crippen molar-refractivity contribution in [1.82, 2.24) is 4.90 Å². The number of para-hydroxylation sites is 1. The maximum absolute atomic E-state index is 12.1. The van der Waals surface area contributed by atoms with Crippen molar-refractivity contribution in [3.63, 3.8) is 0 Å². The summed E-state index contributed by atoms with van der Waals surface area (Å²) in [6.07, 6.45) is 0.945. The average molecular weight is 382 g/mol. The lowest BCUT2D eigenvalue weighted by Crippen LogP contribution is -2.41. The number of nitrogens with one attached hydrogen (secondary N) is 2. The van der Waals surface area contributed by atoms with Crippen LogP contribution in [0.15, 0.2) is 48.5 Å². The van der Waals surface area contributed by atoms with Gasteiger partial charge in [0.2, 0.25) is 11.8 Å². The third kappa shape index (κ3) is 6.07. The van der Waals surface area contributed by atoms with Gasteiger partial charge in [-0.15, -0.1) is 0 Å². The van der Waals surface area contributed by atoms with Crippen LogP contribution in [0.3, 0.4) is 0 Å². The number of rotatable bonds is 7. The van der Waals surface area contributed by atoms with E-state index < -0.39 is 0 Å². The Kier molecular flexibility index (Phi) is 7.00. The molecule has 2 amide bonds. The van der Waals surface area contributed by atoms with Crippen LogP contribution in [-0.4, -0.2) is 49.6 Å². The largest absolute Gasteiger partial charge is 0.399 e. The summed E-state index contributed by atoms with van der Waals surface area (Å²) in [5.41, 5.74) is 8.96. The van der Waals surface area contributed by atoms with Gasteiger partial charge in [0.15, 0.2) is 0 Å². The molecule has 2 aromatic rings. The van der Waals surface area contributed by atoms with Gasteiger partial charge in [0, 0.05) is 36.6 Å². The molecule has 0 unspecified atom stereocenters. The second kappa shape index (κ2) is 9.87. The van der Waals surface area contributed by atoms with Crippen LogP contribution in [0.5, 0.6) is 0 Å². The number of benzene rings is 2. The number of nitrogens with zero attached hydrogens (tertiary/aromatic N) is 1. The summed E-state index contributed by atoms with van der Waals surface area (Å²) in [5, 5.41) is 5.74. The molecule has 0 spiro atoms. The second-order valence-corrected chi connectivity index (χ2v) is 6.76. The molecular formula is C21H26N4O3. The molecule has 7 nitrogen and oxygen atoms in total. The number of nitrogen functional groups attached to an aromatic ring is 1. The number of amides is 2. The lowest BCUT2D eigenvalue weighted by atomic mass is 10.1. The fourth-order valence-corrected chi connectivity index (χ4v) is 3.03. The molecule has 1 saturated heterocycles. The highest BCUT2D eigenvalue weighted by Gasteiger charge is 2.14. The second-order valence-electron chi connectivity index (χ2n) is 6.76. The van der Waals surface area contributed by atoms with E-state index in [9.17, 15) is 9.59 Å². The van der Waals surface area contributed by atoms with Gasteiger partial charge >= 0.3 is 0 Å². The number of anilines is 3. The minimum absolute atomic E-state index is 0.0564. The smallest absolute Gasteiger partial charge is 0.238 e. The third-order valence-corrected chi connectivity index (χ3v) is 4.60. The maximum atomic E-state index is 12.1. The first kappa shape index (κ1) is 19.9. The van der Waals surface area contributed by atoms with Gasteiger partial charge in [-0.1, -0.05) is 18.2 Å². The first-order valence-corrected chi connectivity index (χ1v) is 9.43. The van der Waals surface area contributed by atoms with Crippen LogP contribution in [0.25, 0.3) is 0 Å². The fraction of sp³-hybridized carbons (Fsp3) is 0.333. The van der Waals surface area contributed by atoms with E-state index in [1.165, 1.54) is 0 Å². The number of morpholine rings is 1. The van der Waals surface area contributed by atoms with Gasteiger partial charge in [0.1, 0.15) is 0 Å². The Morgan fingerprint density at radius 3 is 2.18 bits per heavy atom. The molecule has 0 atom stereocenters. The van der Waals surface area contributed by atoms with Crippen LogP contribution < -0.4 is 16.4 Å². The van der Waals surface area contributed by atoms with Crippen molar-refractivity contribution in [3.8, 4) is 0 Å². The standard InChI is InChI=1S/C21H26N4O3/c22-19-4-2-1-3-16(19)5-10-20(26)23-17-6-8-18(9-7-17)24-21(27)15-25-11-13-28-14-12-25/h1-4,6-9H,5,10-15,22H2,(H,23,26)(H,24,27). The number of hydrogen-bond donors (Lipinski definition) is 3. The monoisotopic (exact) mass is 382 g/mol. The number of aryl methyl sites for hydroxylation is 1. The zero-order valence-electron chi connectivity index (χ0n) is 15.8. The summed E-state index contributed by atoms with van der Waals surface area (Å²) in [4.78, 5) is 26.3. The van der Waals surface area contributed by atoms with E-state index in [0.29, 0.717) is 49.7 Å². The van der Waals surface area contributed by atoms with Crippen molar-refractivity contribution in [2.75, 3.05) is 49.2 Å². The summed E-state index contributed by atoms with van der Waals surface area (Å²) >= 11 is 0. The topological polar surface area (TPSA) is 96.7 Å². The Bertz CT molecular complexity index is 802. The molecule has 0 aliphatic carbocycles. The Hall–Kier alpha value is -2.90. The van der Waals surface area contributed by atoms with Crippen molar-refractivity contribution >= 4 is 28.9 Å². The van der Waals surface area contributed by atoms with Crippen molar-refractivity contribution < 1.29 is 14.3 Å². The molecule has 7 heteroatoms. The molecule has 0 aromatic heterocycles. The van der Waals surface area contributed by atoms with Gasteiger partial charge < -0.3 is 21.1 Å². The predicted octanol–water partition coefficient (Wildman–Crippen LogP) is 2.11. The number of hydrogen-bond acceptors (Lipinski definition) is 5. The van der Waals surface area contributed by atoms with Crippen molar-refractivity contribution in [1.29, 1.82) is 0 Å². The molecule has 1 heterocycles. The van der Waals surface area contributed by atoms with E-state index in [-0.39, 0.29) is 11.8 Å². The van der Waals surface area contributed by atoms with E-state index in [0.717, 1.165) is 18.7 Å². The van der Waals surface area contributed by atoms with E-state index in [1.54, 1.807) is 24.3 Å². The lowest BCUT2D eigenvalue weighted by Gasteiger charge is -2.25. The zero-order valence-corrected chi connectivity index (χ0v) is 15.8. The van der Waals surface area contributed by atoms with Crippen LogP contribution in [0.4, 0.5) is 17.1 Å². The molecule has 3 rings (SSSR count). The number of nitrogens with two attached hydrogens (primary N) is 1. The van der Waals surface area contributed by atoms with E-state index in [1.807, 2.05) is 24.3 Å². The first-order valence-electron chi connectivity index (χ1n) is 9.43. The van der Waals surface area contributed by atoms with Crippen molar-refractivity contribution in [3.05, 3.63) is 54.1 Å². The van der Waals surface area contributed by atoms with Gasteiger partial charge in [0.25, 0.3) is 0 Å². The SMILES string of the molecule is Nc1ccccc1CCC(=O)Nc1ccc(NC(=O)CN2CCOCC2)cc1. The third-order valence-electron chi connectivity index (χ3n) is 4.60. The minimum Gasteiger partial charge on any atom is -0.399 e. The lowest BCUT2D eigenvalue weighted by molar-refractivity contribution is -0.118. The molecule has 0 saturated carbocycles. The molecule has 28 heavy (non-hydrogen) atoms. The van der Waals surface area contributed by atoms with Gasteiger partial charge in [-0.25, -0.2) is 0 Å². The highest BCUT2D eigenvalue weighted by molar-refractivity contribution is 5.93. The fourth-order valence-electron chi connectivity index (χ4n) is 3.03. The van der Waals surface area contributed by atoms with Gasteiger partial charge in [-0.3, -0.25) is 14.5 Å². The molecule has 1 aliphatic heterocycles. The summed E-state index contributed by atoms with van der Waals surface area (Å²) in [5.74, 6) is -0.133. The van der Waals surface area contributed by atoms with Crippen LogP contribution in [0.2, 0.25) is 0 Å². The Morgan fingerprint density at radius 1 is 0.929 bits per heavy atom. The maximum Gasteiger partial charge on any atom is 0.238 e. The van der Waals surface area contributed by atoms with Gasteiger partial charge in [-0.05, 0) is 42.3 Å². The quantitative estimate of drug-likeness (QED) is 0.638. The van der Waals surface area contributed by atoms with Crippen molar-refractivity contribution in [2.24, 2.45) is 0 Å². The molecule has 0 radical (unpaired) electrons. The van der Waals surface area contributed by atoms with E-state index in [4.69, 9.17) is 10.5 Å². The summed E-state index contributed by atoms with van der Waals surface area (Å²) < 4.78 is 5.28. The number of carbonyl (C=O) groups excluding carboxylic acids is 2. The summed E-state index contributed by atoms with van der Waals surface area (Å²) in [6.45, 7) is 3.22. The Morgan fingerprint density at radius 2 is 1.54 bits per heavy atom. The van der Waals surface area contributed by atoms with Crippen LogP contribution in [0, 0.1) is 0 Å². The number of ether oxygens (including phenoxy) is 1. The number of carbonyl (C=O) groups is 2. The summed E-state index contributed by atoms with van der Waals surface area (Å²) in [7, 11) is 0. The molecule has 0 bridgehead atoms. The predicted molar refractivity (Wildman–Crippen MR) is 110 cm³/mol. The van der Waals surface area contributed by atoms with Crippen LogP contribution in [-0.2, 0) is 20.7 Å². The Labute approximate surface area is 164 Å². The molecule has 4 N–H and O–H groups in total. The molecule has 2 aromatic carbocycles. The Balaban J connectivity index is 1.43. The summed E-state index contributed by atoms with van der Waals surface area (Å²) in [6, 6.07) is 14.7. The average Bonchev–Trinajstić information content (AvgIpc) is 2.69. The molecule has 1 aliphatic rings. The molecular weight excluding hydrogens is 356 g/mol. The molecule has 148 valence electrons. The first-order chi connectivity index (χ1) is 13.6. The highest BCUT2D eigenvalue weighted by Crippen LogP contribution is 2.16.